The van der Waals surface area contributed by atoms with E-state index >= 15 is 0 Å². The Morgan fingerprint density at radius 2 is 1.55 bits per heavy atom. The first-order valence-electron chi connectivity index (χ1n) is 5.97. The maximum atomic E-state index is 12.0. The zero-order chi connectivity index (χ0) is 15.2. The topological polar surface area (TPSA) is 39.7 Å². The van der Waals surface area contributed by atoms with E-state index in [1.165, 1.54) is 21.3 Å². The molecule has 0 aliphatic rings. The van der Waals surface area contributed by atoms with E-state index in [1.54, 1.807) is 12.1 Å². The van der Waals surface area contributed by atoms with Crippen molar-refractivity contribution in [3.05, 3.63) is 17.7 Å². The Bertz CT molecular complexity index is 410. The van der Waals surface area contributed by atoms with Gasteiger partial charge in [0.1, 0.15) is 0 Å². The lowest BCUT2D eigenvalue weighted by atomic mass is 10.1. The van der Waals surface area contributed by atoms with Gasteiger partial charge in [0.15, 0.2) is 11.5 Å². The third kappa shape index (κ3) is 4.80. The number of ether oxygens (including phenoxy) is 3. The maximum Gasteiger partial charge on any atom is 0.390 e. The van der Waals surface area contributed by atoms with Crippen molar-refractivity contribution in [2.45, 2.75) is 19.1 Å². The van der Waals surface area contributed by atoms with Crippen molar-refractivity contribution in [1.29, 1.82) is 0 Å². The second-order valence-electron chi connectivity index (χ2n) is 4.08. The van der Waals surface area contributed by atoms with Crippen LogP contribution in [0.15, 0.2) is 12.1 Å². The van der Waals surface area contributed by atoms with Crippen molar-refractivity contribution in [2.24, 2.45) is 0 Å². The summed E-state index contributed by atoms with van der Waals surface area (Å²) < 4.78 is 51.6. The quantitative estimate of drug-likeness (QED) is 0.785. The van der Waals surface area contributed by atoms with Crippen LogP contribution in [0.5, 0.6) is 17.2 Å². The van der Waals surface area contributed by atoms with Gasteiger partial charge >= 0.3 is 6.18 Å². The molecule has 4 nitrogen and oxygen atoms in total. The molecule has 0 bridgehead atoms. The highest BCUT2D eigenvalue weighted by Crippen LogP contribution is 2.38. The van der Waals surface area contributed by atoms with Gasteiger partial charge in [0, 0.05) is 13.1 Å². The van der Waals surface area contributed by atoms with Gasteiger partial charge in [-0.1, -0.05) is 0 Å². The molecule has 0 atom stereocenters. The summed E-state index contributed by atoms with van der Waals surface area (Å²) >= 11 is 0. The lowest BCUT2D eigenvalue weighted by molar-refractivity contribution is -0.133. The average Bonchev–Trinajstić information content (AvgIpc) is 2.41. The number of benzene rings is 1. The maximum absolute atomic E-state index is 12.0. The Labute approximate surface area is 115 Å². The van der Waals surface area contributed by atoms with E-state index in [0.717, 1.165) is 5.56 Å². The van der Waals surface area contributed by atoms with E-state index in [4.69, 9.17) is 14.2 Å². The lowest BCUT2D eigenvalue weighted by Crippen LogP contribution is -2.21. The zero-order valence-corrected chi connectivity index (χ0v) is 11.6. The zero-order valence-electron chi connectivity index (χ0n) is 11.6. The molecule has 1 N–H and O–H groups in total. The Kier molecular flexibility index (Phi) is 5.94. The molecule has 114 valence electrons. The van der Waals surface area contributed by atoms with Gasteiger partial charge in [0.05, 0.1) is 27.8 Å². The summed E-state index contributed by atoms with van der Waals surface area (Å²) in [6.45, 7) is 0.146. The monoisotopic (exact) mass is 293 g/mol. The van der Waals surface area contributed by atoms with Gasteiger partial charge in [-0.3, -0.25) is 0 Å². The highest BCUT2D eigenvalue weighted by atomic mass is 19.4. The third-order valence-corrected chi connectivity index (χ3v) is 2.64. The van der Waals surface area contributed by atoms with Gasteiger partial charge in [-0.15, -0.1) is 0 Å². The largest absolute Gasteiger partial charge is 0.493 e. The predicted molar refractivity (Wildman–Crippen MR) is 68.5 cm³/mol. The number of methoxy groups -OCH3 is 3. The second-order valence-corrected chi connectivity index (χ2v) is 4.08. The van der Waals surface area contributed by atoms with E-state index in [2.05, 4.69) is 5.32 Å². The standard InChI is InChI=1S/C13H18F3NO3/c1-18-10-6-9(7-11(19-2)12(10)20-3)8-17-5-4-13(14,15)16/h6-7,17H,4-5,8H2,1-3H3. The highest BCUT2D eigenvalue weighted by molar-refractivity contribution is 5.53. The molecule has 0 saturated carbocycles. The molecule has 0 aliphatic heterocycles. The van der Waals surface area contributed by atoms with Crippen LogP contribution in [0.2, 0.25) is 0 Å². The van der Waals surface area contributed by atoms with E-state index in [0.29, 0.717) is 17.2 Å². The second kappa shape index (κ2) is 7.23. The fourth-order valence-corrected chi connectivity index (χ4v) is 1.70. The number of halogens is 3. The van der Waals surface area contributed by atoms with Gasteiger partial charge in [-0.2, -0.15) is 13.2 Å². The molecule has 0 aliphatic carbocycles. The summed E-state index contributed by atoms with van der Waals surface area (Å²) in [5, 5.41) is 2.73. The molecular weight excluding hydrogens is 275 g/mol. The summed E-state index contributed by atoms with van der Waals surface area (Å²) in [6.07, 6.45) is -5.01. The molecule has 1 aromatic rings. The number of rotatable bonds is 7. The van der Waals surface area contributed by atoms with Gasteiger partial charge < -0.3 is 19.5 Å². The van der Waals surface area contributed by atoms with E-state index in [9.17, 15) is 13.2 Å². The Morgan fingerprint density at radius 1 is 1.00 bits per heavy atom. The molecule has 0 radical (unpaired) electrons. The Morgan fingerprint density at radius 3 is 1.95 bits per heavy atom. The van der Waals surface area contributed by atoms with E-state index < -0.39 is 12.6 Å². The van der Waals surface area contributed by atoms with Gasteiger partial charge in [-0.25, -0.2) is 0 Å². The molecule has 0 aromatic heterocycles. The van der Waals surface area contributed by atoms with Crippen LogP contribution in [-0.4, -0.2) is 34.1 Å². The molecular formula is C13H18F3NO3. The van der Waals surface area contributed by atoms with Crippen LogP contribution in [0.1, 0.15) is 12.0 Å². The Hall–Kier alpha value is -1.63. The van der Waals surface area contributed by atoms with Crippen LogP contribution in [0.25, 0.3) is 0 Å². The van der Waals surface area contributed by atoms with Crippen LogP contribution in [0.3, 0.4) is 0 Å². The fourth-order valence-electron chi connectivity index (χ4n) is 1.70. The molecule has 0 saturated heterocycles. The average molecular weight is 293 g/mol. The minimum atomic E-state index is -4.15. The van der Waals surface area contributed by atoms with Gasteiger partial charge in [-0.05, 0) is 17.7 Å². The fraction of sp³-hybridized carbons (Fsp3) is 0.538. The van der Waals surface area contributed by atoms with Crippen LogP contribution >= 0.6 is 0 Å². The van der Waals surface area contributed by atoms with Crippen molar-refractivity contribution >= 4 is 0 Å². The summed E-state index contributed by atoms with van der Waals surface area (Å²) in [6, 6.07) is 3.39. The first-order chi connectivity index (χ1) is 9.41. The molecule has 0 amide bonds. The van der Waals surface area contributed by atoms with Crippen molar-refractivity contribution in [2.75, 3.05) is 27.9 Å². The smallest absolute Gasteiger partial charge is 0.390 e. The van der Waals surface area contributed by atoms with Crippen LogP contribution < -0.4 is 19.5 Å². The summed E-state index contributed by atoms with van der Waals surface area (Å²) in [4.78, 5) is 0. The summed E-state index contributed by atoms with van der Waals surface area (Å²) in [5.41, 5.74) is 0.752. The minimum absolute atomic E-state index is 0.139. The van der Waals surface area contributed by atoms with Crippen molar-refractivity contribution in [3.63, 3.8) is 0 Å². The number of hydrogen-bond acceptors (Lipinski definition) is 4. The van der Waals surface area contributed by atoms with Crippen LogP contribution in [0.4, 0.5) is 13.2 Å². The molecule has 1 rings (SSSR count). The predicted octanol–water partition coefficient (Wildman–Crippen LogP) is 2.75. The molecule has 1 aromatic carbocycles. The first kappa shape index (κ1) is 16.4. The molecule has 0 heterocycles. The third-order valence-electron chi connectivity index (χ3n) is 2.64. The Balaban J connectivity index is 2.71. The first-order valence-corrected chi connectivity index (χ1v) is 5.97. The summed E-state index contributed by atoms with van der Waals surface area (Å²) in [5.74, 6) is 1.40. The van der Waals surface area contributed by atoms with E-state index in [-0.39, 0.29) is 13.1 Å². The lowest BCUT2D eigenvalue weighted by Gasteiger charge is -2.14. The SMILES string of the molecule is COc1cc(CNCCC(F)(F)F)cc(OC)c1OC. The van der Waals surface area contributed by atoms with Crippen molar-refractivity contribution < 1.29 is 27.4 Å². The molecule has 0 unspecified atom stereocenters. The van der Waals surface area contributed by atoms with Crippen molar-refractivity contribution in [3.8, 4) is 17.2 Å². The van der Waals surface area contributed by atoms with Gasteiger partial charge in [0.2, 0.25) is 5.75 Å². The normalized spacial score (nSPS) is 11.3. The molecule has 20 heavy (non-hydrogen) atoms. The van der Waals surface area contributed by atoms with Crippen LogP contribution in [0, 0.1) is 0 Å². The minimum Gasteiger partial charge on any atom is -0.493 e. The number of alkyl halides is 3. The molecule has 0 fully saturated rings. The van der Waals surface area contributed by atoms with Gasteiger partial charge in [0.25, 0.3) is 0 Å². The number of nitrogens with one attached hydrogen (secondary N) is 1. The number of hydrogen-bond donors (Lipinski definition) is 1. The molecule has 7 heteroatoms. The van der Waals surface area contributed by atoms with Crippen LogP contribution in [-0.2, 0) is 6.54 Å². The van der Waals surface area contributed by atoms with Crippen molar-refractivity contribution in [1.82, 2.24) is 5.32 Å². The molecule has 0 spiro atoms. The van der Waals surface area contributed by atoms with E-state index in [1.807, 2.05) is 0 Å². The summed E-state index contributed by atoms with van der Waals surface area (Å²) in [7, 11) is 4.46. The highest BCUT2D eigenvalue weighted by Gasteiger charge is 2.25.